The Balaban J connectivity index is 1.46. The van der Waals surface area contributed by atoms with Crippen molar-refractivity contribution in [1.82, 2.24) is 19.9 Å². The molecule has 3 aromatic heterocycles. The van der Waals surface area contributed by atoms with E-state index >= 15 is 0 Å². The third-order valence-electron chi connectivity index (χ3n) is 5.82. The lowest BCUT2D eigenvalue weighted by Crippen LogP contribution is -2.33. The second kappa shape index (κ2) is 7.26. The molecular formula is C21H23ClN4OS. The van der Waals surface area contributed by atoms with Crippen molar-refractivity contribution in [2.75, 3.05) is 19.6 Å². The molecule has 2 N–H and O–H groups in total. The minimum atomic E-state index is -0.747. The third kappa shape index (κ3) is 3.28. The number of nitrogens with zero attached hydrogens (tertiary/aromatic N) is 3. The smallest absolute Gasteiger partial charge is 0.138 e. The zero-order valence-electron chi connectivity index (χ0n) is 15.6. The van der Waals surface area contributed by atoms with Gasteiger partial charge in [-0.1, -0.05) is 17.7 Å². The van der Waals surface area contributed by atoms with Crippen molar-refractivity contribution in [3.05, 3.63) is 40.3 Å². The van der Waals surface area contributed by atoms with Gasteiger partial charge < -0.3 is 10.1 Å². The van der Waals surface area contributed by atoms with Crippen LogP contribution >= 0.6 is 22.9 Å². The number of hydrogen-bond acceptors (Lipinski definition) is 5. The summed E-state index contributed by atoms with van der Waals surface area (Å²) in [4.78, 5) is 15.8. The summed E-state index contributed by atoms with van der Waals surface area (Å²) in [5, 5.41) is 13.0. The highest BCUT2D eigenvalue weighted by atomic mass is 35.5. The summed E-state index contributed by atoms with van der Waals surface area (Å²) in [6.07, 6.45) is 13.1. The number of rotatable bonds is 5. The minimum Gasteiger partial charge on any atom is -0.383 e. The van der Waals surface area contributed by atoms with Crippen LogP contribution in [0.25, 0.3) is 27.6 Å². The molecule has 2 fully saturated rings. The first-order chi connectivity index (χ1) is 13.6. The molecular weight excluding hydrogens is 392 g/mol. The van der Waals surface area contributed by atoms with Gasteiger partial charge in [0.15, 0.2) is 0 Å². The van der Waals surface area contributed by atoms with E-state index in [1.807, 2.05) is 6.20 Å². The van der Waals surface area contributed by atoms with E-state index in [0.29, 0.717) is 5.02 Å². The second-order valence-electron chi connectivity index (χ2n) is 7.79. The fourth-order valence-corrected chi connectivity index (χ4v) is 5.48. The third-order valence-corrected chi connectivity index (χ3v) is 7.32. The Bertz CT molecular complexity index is 1030. The number of halogens is 1. The zero-order chi connectivity index (χ0) is 19.1. The highest BCUT2D eigenvalue weighted by Crippen LogP contribution is 2.45. The van der Waals surface area contributed by atoms with Gasteiger partial charge in [0.1, 0.15) is 16.3 Å². The van der Waals surface area contributed by atoms with Gasteiger partial charge in [-0.2, -0.15) is 0 Å². The molecule has 0 aromatic carbocycles. The average Bonchev–Trinajstić information content (AvgIpc) is 3.40. The van der Waals surface area contributed by atoms with Crippen LogP contribution in [-0.4, -0.2) is 44.6 Å². The molecule has 1 saturated heterocycles. The Morgan fingerprint density at radius 2 is 2.04 bits per heavy atom. The van der Waals surface area contributed by atoms with E-state index in [-0.39, 0.29) is 0 Å². The molecule has 5 nitrogen and oxygen atoms in total. The Morgan fingerprint density at radius 1 is 1.21 bits per heavy atom. The molecule has 4 heterocycles. The van der Waals surface area contributed by atoms with Gasteiger partial charge in [-0.3, -0.25) is 4.90 Å². The molecule has 5 rings (SSSR count). The van der Waals surface area contributed by atoms with Crippen molar-refractivity contribution in [3.8, 4) is 10.4 Å². The molecule has 28 heavy (non-hydrogen) atoms. The lowest BCUT2D eigenvalue weighted by Gasteiger charge is -2.34. The Labute approximate surface area is 173 Å². The number of aromatic nitrogens is 3. The molecule has 0 unspecified atom stereocenters. The maximum Gasteiger partial charge on any atom is 0.138 e. The van der Waals surface area contributed by atoms with Crippen LogP contribution < -0.4 is 0 Å². The molecule has 2 aliphatic rings. The first kappa shape index (κ1) is 18.3. The summed E-state index contributed by atoms with van der Waals surface area (Å²) in [5.74, 6) is 0. The standard InChI is InChI=1S/C21H23ClN4OS/c22-16-12-23-19-15(11-14(25-19)5-3-10-26-8-1-2-9-26)18(16)17-13-24-20(28-17)21(27)6-4-7-21/h3,5,11-13,27H,1-2,4,6-10H2,(H,23,25). The molecule has 1 saturated carbocycles. The van der Waals surface area contributed by atoms with Gasteiger partial charge in [-0.15, -0.1) is 11.3 Å². The molecule has 0 amide bonds. The van der Waals surface area contributed by atoms with Crippen LogP contribution in [0, 0.1) is 0 Å². The number of nitrogens with one attached hydrogen (secondary N) is 1. The van der Waals surface area contributed by atoms with E-state index in [1.165, 1.54) is 37.3 Å². The predicted octanol–water partition coefficient (Wildman–Crippen LogP) is 4.82. The average molecular weight is 415 g/mol. The number of pyridine rings is 1. The molecule has 3 aromatic rings. The molecule has 0 radical (unpaired) electrons. The van der Waals surface area contributed by atoms with Crippen molar-refractivity contribution < 1.29 is 5.11 Å². The Morgan fingerprint density at radius 3 is 2.79 bits per heavy atom. The summed E-state index contributed by atoms with van der Waals surface area (Å²) < 4.78 is 0. The number of fused-ring (bicyclic) bond motifs is 1. The summed E-state index contributed by atoms with van der Waals surface area (Å²) >= 11 is 8.05. The fourth-order valence-electron chi connectivity index (χ4n) is 4.04. The van der Waals surface area contributed by atoms with E-state index in [0.717, 1.165) is 58.0 Å². The van der Waals surface area contributed by atoms with E-state index in [2.05, 4.69) is 38.1 Å². The highest BCUT2D eigenvalue weighted by molar-refractivity contribution is 7.15. The molecule has 0 bridgehead atoms. The van der Waals surface area contributed by atoms with E-state index in [1.54, 1.807) is 6.20 Å². The molecule has 1 aliphatic heterocycles. The van der Waals surface area contributed by atoms with Crippen LogP contribution in [0.5, 0.6) is 0 Å². The monoisotopic (exact) mass is 414 g/mol. The Hall–Kier alpha value is -1.73. The summed E-state index contributed by atoms with van der Waals surface area (Å²) in [5.41, 5.74) is 2.03. The van der Waals surface area contributed by atoms with Crippen molar-refractivity contribution in [1.29, 1.82) is 0 Å². The quantitative estimate of drug-likeness (QED) is 0.628. The molecule has 146 valence electrons. The Kier molecular flexibility index (Phi) is 4.75. The van der Waals surface area contributed by atoms with Crippen LogP contribution in [0.4, 0.5) is 0 Å². The van der Waals surface area contributed by atoms with Crippen LogP contribution in [-0.2, 0) is 5.60 Å². The maximum atomic E-state index is 10.6. The number of aliphatic hydroxyl groups is 1. The molecule has 0 atom stereocenters. The van der Waals surface area contributed by atoms with E-state index in [4.69, 9.17) is 11.6 Å². The number of thiazole rings is 1. The van der Waals surface area contributed by atoms with Gasteiger partial charge in [0.2, 0.25) is 0 Å². The SMILES string of the molecule is OC1(c2ncc(-c3c(Cl)cnc4[nH]c(C=CCN5CCCC5)cc34)s2)CCC1. The number of H-pyrrole nitrogens is 1. The van der Waals surface area contributed by atoms with E-state index in [9.17, 15) is 5.11 Å². The van der Waals surface area contributed by atoms with Gasteiger partial charge in [-0.05, 0) is 57.3 Å². The van der Waals surface area contributed by atoms with Crippen molar-refractivity contribution in [2.45, 2.75) is 37.7 Å². The zero-order valence-corrected chi connectivity index (χ0v) is 17.2. The number of hydrogen-bond donors (Lipinski definition) is 2. The van der Waals surface area contributed by atoms with Crippen LogP contribution in [0.1, 0.15) is 42.8 Å². The minimum absolute atomic E-state index is 0.606. The predicted molar refractivity (Wildman–Crippen MR) is 115 cm³/mol. The van der Waals surface area contributed by atoms with Crippen LogP contribution in [0.15, 0.2) is 24.5 Å². The first-order valence-corrected chi connectivity index (χ1v) is 11.1. The van der Waals surface area contributed by atoms with Gasteiger partial charge in [0.05, 0.1) is 9.90 Å². The molecule has 7 heteroatoms. The summed E-state index contributed by atoms with van der Waals surface area (Å²) in [6.45, 7) is 3.37. The first-order valence-electron chi connectivity index (χ1n) is 9.88. The lowest BCUT2D eigenvalue weighted by atomic mass is 9.81. The second-order valence-corrected chi connectivity index (χ2v) is 9.23. The van der Waals surface area contributed by atoms with Gasteiger partial charge in [0.25, 0.3) is 0 Å². The number of likely N-dealkylation sites (tertiary alicyclic amines) is 1. The van der Waals surface area contributed by atoms with Gasteiger partial charge in [-0.25, -0.2) is 9.97 Å². The van der Waals surface area contributed by atoms with Crippen molar-refractivity contribution in [3.63, 3.8) is 0 Å². The van der Waals surface area contributed by atoms with Crippen LogP contribution in [0.2, 0.25) is 5.02 Å². The summed E-state index contributed by atoms with van der Waals surface area (Å²) in [7, 11) is 0. The van der Waals surface area contributed by atoms with E-state index < -0.39 is 5.60 Å². The maximum absolute atomic E-state index is 10.6. The van der Waals surface area contributed by atoms with Crippen LogP contribution in [0.3, 0.4) is 0 Å². The van der Waals surface area contributed by atoms with Crippen molar-refractivity contribution in [2.24, 2.45) is 0 Å². The van der Waals surface area contributed by atoms with Gasteiger partial charge >= 0.3 is 0 Å². The summed E-state index contributed by atoms with van der Waals surface area (Å²) in [6, 6.07) is 2.10. The van der Waals surface area contributed by atoms with Gasteiger partial charge in [0, 0.05) is 35.6 Å². The lowest BCUT2D eigenvalue weighted by molar-refractivity contribution is -0.0389. The normalized spacial score (nSPS) is 19.6. The fraction of sp³-hybridized carbons (Fsp3) is 0.429. The molecule has 0 spiro atoms. The van der Waals surface area contributed by atoms with Crippen molar-refractivity contribution >= 4 is 40.0 Å². The number of aromatic amines is 1. The topological polar surface area (TPSA) is 65.0 Å². The highest BCUT2D eigenvalue weighted by Gasteiger charge is 2.39. The largest absolute Gasteiger partial charge is 0.383 e. The molecule has 1 aliphatic carbocycles.